The number of carbonyl (C=O) groups excluding carboxylic acids is 1. The Morgan fingerprint density at radius 2 is 1.97 bits per heavy atom. The summed E-state index contributed by atoms with van der Waals surface area (Å²) < 4.78 is 47.2. The van der Waals surface area contributed by atoms with Crippen molar-refractivity contribution in [3.8, 4) is 5.75 Å². The van der Waals surface area contributed by atoms with Crippen molar-refractivity contribution < 1.29 is 22.3 Å². The molecule has 2 aromatic carbocycles. The van der Waals surface area contributed by atoms with Crippen LogP contribution in [0.25, 0.3) is 0 Å². The highest BCUT2D eigenvalue weighted by molar-refractivity contribution is 7.89. The standard InChI is InChI=1S/C22H27FN2O4S/c1-15(2)16-10-11-20(29-3)21(13-16)30(27,28)25-12-6-7-17(14-25)22(26)24-19-9-5-4-8-18(19)23/h4-5,8-11,13,15,17H,6-7,12,14H2,1-3H3,(H,24,26)/t17-/m0/s1. The van der Waals surface area contributed by atoms with E-state index in [1.165, 1.54) is 23.5 Å². The van der Waals surface area contributed by atoms with E-state index in [9.17, 15) is 17.6 Å². The number of sulfonamides is 1. The molecule has 1 N–H and O–H groups in total. The van der Waals surface area contributed by atoms with Crippen molar-refractivity contribution in [1.82, 2.24) is 4.31 Å². The maximum Gasteiger partial charge on any atom is 0.246 e. The van der Waals surface area contributed by atoms with Gasteiger partial charge >= 0.3 is 0 Å². The van der Waals surface area contributed by atoms with Crippen LogP contribution >= 0.6 is 0 Å². The van der Waals surface area contributed by atoms with E-state index in [2.05, 4.69) is 5.32 Å². The predicted octanol–water partition coefficient (Wildman–Crippen LogP) is 4.00. The molecule has 1 heterocycles. The summed E-state index contributed by atoms with van der Waals surface area (Å²) in [6.07, 6.45) is 1.08. The number of para-hydroxylation sites is 1. The van der Waals surface area contributed by atoms with Gasteiger partial charge in [0.2, 0.25) is 15.9 Å². The van der Waals surface area contributed by atoms with E-state index >= 15 is 0 Å². The summed E-state index contributed by atoms with van der Waals surface area (Å²) in [7, 11) is -2.42. The number of amides is 1. The van der Waals surface area contributed by atoms with Crippen molar-refractivity contribution in [3.05, 3.63) is 53.8 Å². The minimum atomic E-state index is -3.85. The second-order valence-corrected chi connectivity index (χ2v) is 9.64. The molecular formula is C22H27FN2O4S. The number of nitrogens with zero attached hydrogens (tertiary/aromatic N) is 1. The van der Waals surface area contributed by atoms with Crippen molar-refractivity contribution >= 4 is 21.6 Å². The van der Waals surface area contributed by atoms with Crippen LogP contribution in [0.1, 0.15) is 38.2 Å². The largest absolute Gasteiger partial charge is 0.495 e. The molecule has 2 aromatic rings. The number of anilines is 1. The average molecular weight is 435 g/mol. The molecule has 162 valence electrons. The Morgan fingerprint density at radius 3 is 2.63 bits per heavy atom. The van der Waals surface area contributed by atoms with Gasteiger partial charge in [-0.1, -0.05) is 32.0 Å². The van der Waals surface area contributed by atoms with Crippen molar-refractivity contribution in [3.63, 3.8) is 0 Å². The van der Waals surface area contributed by atoms with Gasteiger partial charge < -0.3 is 10.1 Å². The monoisotopic (exact) mass is 434 g/mol. The van der Waals surface area contributed by atoms with Crippen LogP contribution in [0, 0.1) is 11.7 Å². The van der Waals surface area contributed by atoms with E-state index in [0.29, 0.717) is 19.4 Å². The highest BCUT2D eigenvalue weighted by Gasteiger charge is 2.35. The van der Waals surface area contributed by atoms with Gasteiger partial charge in [-0.05, 0) is 48.6 Å². The van der Waals surface area contributed by atoms with Crippen molar-refractivity contribution in [2.24, 2.45) is 5.92 Å². The first kappa shape index (κ1) is 22.2. The van der Waals surface area contributed by atoms with E-state index in [4.69, 9.17) is 4.74 Å². The summed E-state index contributed by atoms with van der Waals surface area (Å²) in [5.74, 6) is -1.04. The summed E-state index contributed by atoms with van der Waals surface area (Å²) in [5.41, 5.74) is 0.981. The summed E-state index contributed by atoms with van der Waals surface area (Å²) >= 11 is 0. The minimum absolute atomic E-state index is 0.0394. The Labute approximate surface area is 177 Å². The number of nitrogens with one attached hydrogen (secondary N) is 1. The van der Waals surface area contributed by atoms with E-state index < -0.39 is 21.8 Å². The molecule has 0 spiro atoms. The van der Waals surface area contributed by atoms with Crippen LogP contribution in [0.5, 0.6) is 5.75 Å². The zero-order valence-electron chi connectivity index (χ0n) is 17.4. The number of hydrogen-bond acceptors (Lipinski definition) is 4. The fourth-order valence-electron chi connectivity index (χ4n) is 3.57. The fraction of sp³-hybridized carbons (Fsp3) is 0.409. The van der Waals surface area contributed by atoms with Gasteiger partial charge in [-0.3, -0.25) is 4.79 Å². The first-order valence-electron chi connectivity index (χ1n) is 9.97. The van der Waals surface area contributed by atoms with E-state index in [1.807, 2.05) is 19.9 Å². The second-order valence-electron chi connectivity index (χ2n) is 7.74. The Kier molecular flexibility index (Phi) is 6.77. The lowest BCUT2D eigenvalue weighted by Crippen LogP contribution is -2.43. The number of carbonyl (C=O) groups is 1. The van der Waals surface area contributed by atoms with Gasteiger partial charge in [0, 0.05) is 13.1 Å². The molecule has 0 saturated carbocycles. The summed E-state index contributed by atoms with van der Waals surface area (Å²) in [6, 6.07) is 11.1. The minimum Gasteiger partial charge on any atom is -0.495 e. The molecule has 6 nitrogen and oxygen atoms in total. The van der Waals surface area contributed by atoms with Crippen LogP contribution in [0.4, 0.5) is 10.1 Å². The molecule has 1 fully saturated rings. The third kappa shape index (κ3) is 4.65. The fourth-order valence-corrected chi connectivity index (χ4v) is 5.28. The molecule has 0 unspecified atom stereocenters. The van der Waals surface area contributed by atoms with Gasteiger partial charge in [0.15, 0.2) is 0 Å². The molecule has 1 saturated heterocycles. The van der Waals surface area contributed by atoms with E-state index in [1.54, 1.807) is 24.3 Å². The molecule has 0 bridgehead atoms. The molecule has 8 heteroatoms. The Morgan fingerprint density at radius 1 is 1.23 bits per heavy atom. The van der Waals surface area contributed by atoms with Crippen LogP contribution in [-0.2, 0) is 14.8 Å². The molecule has 1 aliphatic heterocycles. The average Bonchev–Trinajstić information content (AvgIpc) is 2.74. The molecule has 3 rings (SSSR count). The van der Waals surface area contributed by atoms with Gasteiger partial charge in [-0.2, -0.15) is 4.31 Å². The number of ether oxygens (including phenoxy) is 1. The van der Waals surface area contributed by atoms with Gasteiger partial charge in [-0.25, -0.2) is 12.8 Å². The van der Waals surface area contributed by atoms with Crippen LogP contribution in [0.15, 0.2) is 47.4 Å². The Bertz CT molecular complexity index is 1020. The molecule has 30 heavy (non-hydrogen) atoms. The first-order valence-corrected chi connectivity index (χ1v) is 11.4. The van der Waals surface area contributed by atoms with Crippen LogP contribution in [0.2, 0.25) is 0 Å². The first-order chi connectivity index (χ1) is 14.2. The highest BCUT2D eigenvalue weighted by Crippen LogP contribution is 2.32. The highest BCUT2D eigenvalue weighted by atomic mass is 32.2. The summed E-state index contributed by atoms with van der Waals surface area (Å²) in [5, 5.41) is 2.58. The maximum atomic E-state index is 13.9. The second kappa shape index (κ2) is 9.14. The van der Waals surface area contributed by atoms with Crippen LogP contribution in [-0.4, -0.2) is 38.8 Å². The number of methoxy groups -OCH3 is 1. The molecule has 1 atom stereocenters. The van der Waals surface area contributed by atoms with Gasteiger partial charge in [-0.15, -0.1) is 0 Å². The zero-order chi connectivity index (χ0) is 21.9. The normalized spacial score (nSPS) is 17.7. The topological polar surface area (TPSA) is 75.7 Å². The molecule has 1 aliphatic rings. The lowest BCUT2D eigenvalue weighted by molar-refractivity contribution is -0.120. The molecule has 0 aromatic heterocycles. The van der Waals surface area contributed by atoms with Crippen LogP contribution in [0.3, 0.4) is 0 Å². The number of piperidine rings is 1. The van der Waals surface area contributed by atoms with E-state index in [-0.39, 0.29) is 34.7 Å². The van der Waals surface area contributed by atoms with Gasteiger partial charge in [0.05, 0.1) is 18.7 Å². The van der Waals surface area contributed by atoms with Crippen molar-refractivity contribution in [2.45, 2.75) is 37.5 Å². The van der Waals surface area contributed by atoms with Crippen molar-refractivity contribution in [2.75, 3.05) is 25.5 Å². The Hall–Kier alpha value is -2.45. The number of rotatable bonds is 6. The molecular weight excluding hydrogens is 407 g/mol. The predicted molar refractivity (Wildman–Crippen MR) is 114 cm³/mol. The third-order valence-electron chi connectivity index (χ3n) is 5.36. The quantitative estimate of drug-likeness (QED) is 0.746. The van der Waals surface area contributed by atoms with Crippen LogP contribution < -0.4 is 10.1 Å². The SMILES string of the molecule is COc1ccc(C(C)C)cc1S(=O)(=O)N1CCC[C@H](C(=O)Nc2ccccc2F)C1. The smallest absolute Gasteiger partial charge is 0.246 e. The van der Waals surface area contributed by atoms with Crippen molar-refractivity contribution in [1.29, 1.82) is 0 Å². The molecule has 0 radical (unpaired) electrons. The summed E-state index contributed by atoms with van der Waals surface area (Å²) in [4.78, 5) is 12.8. The molecule has 1 amide bonds. The Balaban J connectivity index is 1.83. The summed E-state index contributed by atoms with van der Waals surface area (Å²) in [6.45, 7) is 4.34. The maximum absolute atomic E-state index is 13.9. The lowest BCUT2D eigenvalue weighted by Gasteiger charge is -2.31. The zero-order valence-corrected chi connectivity index (χ0v) is 18.2. The number of benzene rings is 2. The molecule has 0 aliphatic carbocycles. The van der Waals surface area contributed by atoms with Gasteiger partial charge in [0.25, 0.3) is 0 Å². The number of halogens is 1. The van der Waals surface area contributed by atoms with Gasteiger partial charge in [0.1, 0.15) is 16.5 Å². The van der Waals surface area contributed by atoms with E-state index in [0.717, 1.165) is 5.56 Å². The third-order valence-corrected chi connectivity index (χ3v) is 7.25. The number of hydrogen-bond donors (Lipinski definition) is 1. The lowest BCUT2D eigenvalue weighted by atomic mass is 9.98.